The number of fused-ring (bicyclic) bond motifs is 1. The topological polar surface area (TPSA) is 65.4 Å². The summed E-state index contributed by atoms with van der Waals surface area (Å²) in [6, 6.07) is 2.09. The zero-order valence-electron chi connectivity index (χ0n) is 10.6. The second-order valence-corrected chi connectivity index (χ2v) is 4.78. The minimum atomic E-state index is 0.466. The lowest BCUT2D eigenvalue weighted by Gasteiger charge is -2.21. The van der Waals surface area contributed by atoms with Crippen molar-refractivity contribution in [2.45, 2.75) is 32.2 Å². The first-order valence-corrected chi connectivity index (χ1v) is 6.41. The van der Waals surface area contributed by atoms with Crippen LogP contribution in [0, 0.1) is 6.92 Å². The van der Waals surface area contributed by atoms with Gasteiger partial charge in [0.1, 0.15) is 11.5 Å². The molecule has 0 amide bonds. The number of imidazole rings is 1. The van der Waals surface area contributed by atoms with Gasteiger partial charge in [-0.2, -0.15) is 0 Å². The number of aryl methyl sites for hydroxylation is 1. The lowest BCUT2D eigenvalue weighted by Crippen LogP contribution is -2.16. The first-order chi connectivity index (χ1) is 8.78. The molecular weight excluding hydrogens is 228 g/mol. The fourth-order valence-electron chi connectivity index (χ4n) is 2.51. The second-order valence-electron chi connectivity index (χ2n) is 4.78. The van der Waals surface area contributed by atoms with Crippen LogP contribution in [-0.4, -0.2) is 27.6 Å². The van der Waals surface area contributed by atoms with E-state index in [9.17, 15) is 0 Å². The monoisotopic (exact) mass is 246 g/mol. The number of nitrogens with two attached hydrogens (primary N) is 1. The Labute approximate surface area is 106 Å². The highest BCUT2D eigenvalue weighted by molar-refractivity contribution is 5.43. The van der Waals surface area contributed by atoms with Crippen molar-refractivity contribution in [1.29, 1.82) is 0 Å². The molecule has 2 N–H and O–H groups in total. The van der Waals surface area contributed by atoms with Crippen molar-refractivity contribution in [3.8, 4) is 0 Å². The summed E-state index contributed by atoms with van der Waals surface area (Å²) in [7, 11) is 0. The standard InChI is InChI=1S/C13H18N4O/c1-9-15-12(10-2-4-18-5-3-10)6-13-16-11(7-14)8-17(9)13/h6,8,10H,2-5,7,14H2,1H3. The maximum absolute atomic E-state index is 5.63. The normalized spacial score (nSPS) is 17.4. The van der Waals surface area contributed by atoms with Crippen molar-refractivity contribution >= 4 is 5.65 Å². The molecule has 1 aliphatic heterocycles. The van der Waals surface area contributed by atoms with E-state index >= 15 is 0 Å². The van der Waals surface area contributed by atoms with Crippen LogP contribution in [0.5, 0.6) is 0 Å². The summed E-state index contributed by atoms with van der Waals surface area (Å²) < 4.78 is 7.40. The van der Waals surface area contributed by atoms with Gasteiger partial charge in [0.25, 0.3) is 0 Å². The summed E-state index contributed by atoms with van der Waals surface area (Å²) in [5.74, 6) is 1.47. The van der Waals surface area contributed by atoms with Crippen molar-refractivity contribution in [2.75, 3.05) is 13.2 Å². The molecule has 0 aliphatic carbocycles. The van der Waals surface area contributed by atoms with Crippen LogP contribution in [0.2, 0.25) is 0 Å². The van der Waals surface area contributed by atoms with Crippen LogP contribution in [-0.2, 0) is 11.3 Å². The molecule has 0 bridgehead atoms. The Morgan fingerprint density at radius 1 is 1.39 bits per heavy atom. The fourth-order valence-corrected chi connectivity index (χ4v) is 2.51. The summed E-state index contributed by atoms with van der Waals surface area (Å²) in [5.41, 5.74) is 8.62. The van der Waals surface area contributed by atoms with Crippen molar-refractivity contribution in [1.82, 2.24) is 14.4 Å². The van der Waals surface area contributed by atoms with E-state index in [1.807, 2.05) is 17.5 Å². The third kappa shape index (κ3) is 2.00. The molecule has 96 valence electrons. The third-order valence-electron chi connectivity index (χ3n) is 3.55. The molecule has 0 saturated carbocycles. The van der Waals surface area contributed by atoms with Gasteiger partial charge in [-0.3, -0.25) is 4.40 Å². The molecule has 0 unspecified atom stereocenters. The molecule has 0 radical (unpaired) electrons. The van der Waals surface area contributed by atoms with Crippen LogP contribution in [0.4, 0.5) is 0 Å². The molecule has 5 nitrogen and oxygen atoms in total. The fraction of sp³-hybridized carbons (Fsp3) is 0.538. The number of nitrogens with zero attached hydrogens (tertiary/aromatic N) is 3. The minimum absolute atomic E-state index is 0.466. The van der Waals surface area contributed by atoms with Gasteiger partial charge in [-0.15, -0.1) is 0 Å². The van der Waals surface area contributed by atoms with E-state index in [0.29, 0.717) is 12.5 Å². The number of hydrogen-bond acceptors (Lipinski definition) is 4. The summed E-state index contributed by atoms with van der Waals surface area (Å²) in [6.45, 7) is 4.14. The number of rotatable bonds is 2. The van der Waals surface area contributed by atoms with Gasteiger partial charge in [0.15, 0.2) is 0 Å². The molecule has 1 fully saturated rings. The summed E-state index contributed by atoms with van der Waals surface area (Å²) in [4.78, 5) is 9.21. The summed E-state index contributed by atoms with van der Waals surface area (Å²) in [5, 5.41) is 0. The second kappa shape index (κ2) is 4.66. The Morgan fingerprint density at radius 2 is 2.17 bits per heavy atom. The molecule has 3 heterocycles. The Bertz CT molecular complexity index is 557. The van der Waals surface area contributed by atoms with E-state index in [-0.39, 0.29) is 0 Å². The SMILES string of the molecule is Cc1nc(C2CCOCC2)cc2nc(CN)cn12. The Kier molecular flexibility index (Phi) is 3.01. The van der Waals surface area contributed by atoms with Gasteiger partial charge in [0, 0.05) is 43.6 Å². The molecule has 18 heavy (non-hydrogen) atoms. The predicted octanol–water partition coefficient (Wildman–Crippen LogP) is 1.39. The average molecular weight is 246 g/mol. The molecule has 1 saturated heterocycles. The van der Waals surface area contributed by atoms with Crippen molar-refractivity contribution in [2.24, 2.45) is 5.73 Å². The van der Waals surface area contributed by atoms with Gasteiger partial charge in [0.2, 0.25) is 0 Å². The van der Waals surface area contributed by atoms with Crippen LogP contribution in [0.15, 0.2) is 12.3 Å². The van der Waals surface area contributed by atoms with Crippen molar-refractivity contribution in [3.63, 3.8) is 0 Å². The molecular formula is C13H18N4O. The number of hydrogen-bond donors (Lipinski definition) is 1. The Balaban J connectivity index is 2.02. The molecule has 3 rings (SSSR count). The highest BCUT2D eigenvalue weighted by Gasteiger charge is 2.18. The van der Waals surface area contributed by atoms with Crippen LogP contribution in [0.1, 0.15) is 36.0 Å². The maximum Gasteiger partial charge on any atom is 0.140 e. The Hall–Kier alpha value is -1.46. The molecule has 0 atom stereocenters. The third-order valence-corrected chi connectivity index (χ3v) is 3.55. The highest BCUT2D eigenvalue weighted by Crippen LogP contribution is 2.26. The molecule has 0 spiro atoms. The van der Waals surface area contributed by atoms with Crippen LogP contribution < -0.4 is 5.73 Å². The predicted molar refractivity (Wildman–Crippen MR) is 68.4 cm³/mol. The summed E-state index contributed by atoms with van der Waals surface area (Å²) >= 11 is 0. The van der Waals surface area contributed by atoms with Gasteiger partial charge >= 0.3 is 0 Å². The average Bonchev–Trinajstić information content (AvgIpc) is 2.83. The van der Waals surface area contributed by atoms with Gasteiger partial charge in [-0.1, -0.05) is 0 Å². The number of ether oxygens (including phenoxy) is 1. The lowest BCUT2D eigenvalue weighted by atomic mass is 9.96. The quantitative estimate of drug-likeness (QED) is 0.869. The zero-order valence-corrected chi connectivity index (χ0v) is 10.6. The van der Waals surface area contributed by atoms with Crippen LogP contribution >= 0.6 is 0 Å². The Morgan fingerprint density at radius 3 is 2.89 bits per heavy atom. The first-order valence-electron chi connectivity index (χ1n) is 6.41. The van der Waals surface area contributed by atoms with E-state index in [2.05, 4.69) is 11.1 Å². The lowest BCUT2D eigenvalue weighted by molar-refractivity contribution is 0.0844. The van der Waals surface area contributed by atoms with Gasteiger partial charge in [-0.05, 0) is 19.8 Å². The van der Waals surface area contributed by atoms with Gasteiger partial charge in [0.05, 0.1) is 5.69 Å². The number of aromatic nitrogens is 3. The van der Waals surface area contributed by atoms with E-state index < -0.39 is 0 Å². The summed E-state index contributed by atoms with van der Waals surface area (Å²) in [6.07, 6.45) is 4.06. The van der Waals surface area contributed by atoms with Gasteiger partial charge < -0.3 is 10.5 Å². The van der Waals surface area contributed by atoms with E-state index in [0.717, 1.165) is 48.9 Å². The smallest absolute Gasteiger partial charge is 0.140 e. The van der Waals surface area contributed by atoms with Crippen LogP contribution in [0.25, 0.3) is 5.65 Å². The highest BCUT2D eigenvalue weighted by atomic mass is 16.5. The molecule has 5 heteroatoms. The van der Waals surface area contributed by atoms with Crippen LogP contribution in [0.3, 0.4) is 0 Å². The molecule has 2 aromatic rings. The van der Waals surface area contributed by atoms with E-state index in [1.54, 1.807) is 0 Å². The van der Waals surface area contributed by atoms with Crippen molar-refractivity contribution in [3.05, 3.63) is 29.5 Å². The molecule has 0 aromatic carbocycles. The van der Waals surface area contributed by atoms with Crippen molar-refractivity contribution < 1.29 is 4.74 Å². The largest absolute Gasteiger partial charge is 0.381 e. The van der Waals surface area contributed by atoms with E-state index in [1.165, 1.54) is 0 Å². The van der Waals surface area contributed by atoms with Gasteiger partial charge in [-0.25, -0.2) is 9.97 Å². The van der Waals surface area contributed by atoms with E-state index in [4.69, 9.17) is 15.5 Å². The maximum atomic E-state index is 5.63. The minimum Gasteiger partial charge on any atom is -0.381 e. The molecule has 1 aliphatic rings. The zero-order chi connectivity index (χ0) is 12.5. The first kappa shape index (κ1) is 11.6. The molecule has 2 aromatic heterocycles.